The molecule has 0 aliphatic heterocycles. The van der Waals surface area contributed by atoms with Crippen LogP contribution in [-0.2, 0) is 4.79 Å². The van der Waals surface area contributed by atoms with E-state index in [9.17, 15) is 4.79 Å². The van der Waals surface area contributed by atoms with Crippen molar-refractivity contribution in [2.75, 3.05) is 6.54 Å². The lowest BCUT2D eigenvalue weighted by atomic mass is 9.82. The van der Waals surface area contributed by atoms with Gasteiger partial charge in [0.1, 0.15) is 0 Å². The van der Waals surface area contributed by atoms with Gasteiger partial charge in [0.25, 0.3) is 0 Å². The average molecular weight is 282 g/mol. The largest absolute Gasteiger partial charge is 0.392 e. The van der Waals surface area contributed by atoms with E-state index in [0.29, 0.717) is 23.5 Å². The highest BCUT2D eigenvalue weighted by Gasteiger charge is 2.33. The summed E-state index contributed by atoms with van der Waals surface area (Å²) in [7, 11) is 0. The zero-order chi connectivity index (χ0) is 13.8. The summed E-state index contributed by atoms with van der Waals surface area (Å²) in [5.74, 6) is 1.30. The lowest BCUT2D eigenvalue weighted by Gasteiger charge is -2.34. The van der Waals surface area contributed by atoms with Crippen molar-refractivity contribution in [2.45, 2.75) is 64.3 Å². The molecule has 0 aromatic heterocycles. The average Bonchev–Trinajstić information content (AvgIpc) is 2.89. The molecule has 0 spiro atoms. The quantitative estimate of drug-likeness (QED) is 0.807. The maximum Gasteiger partial charge on any atom is 0.226 e. The predicted octanol–water partition coefficient (Wildman–Crippen LogP) is 2.87. The minimum atomic E-state index is 0.214. The van der Waals surface area contributed by atoms with Crippen LogP contribution in [0, 0.1) is 11.8 Å². The molecule has 2 aliphatic rings. The lowest BCUT2D eigenvalue weighted by molar-refractivity contribution is -0.138. The molecule has 0 aromatic carbocycles. The monoisotopic (exact) mass is 282 g/mol. The molecule has 0 saturated heterocycles. The summed E-state index contributed by atoms with van der Waals surface area (Å²) >= 11 is 5.03. The van der Waals surface area contributed by atoms with Gasteiger partial charge in [-0.05, 0) is 44.4 Å². The molecule has 2 fully saturated rings. The Kier molecular flexibility index (Phi) is 5.20. The Morgan fingerprint density at radius 1 is 1.16 bits per heavy atom. The van der Waals surface area contributed by atoms with Crippen LogP contribution >= 0.6 is 12.2 Å². The minimum absolute atomic E-state index is 0.214. The highest BCUT2D eigenvalue weighted by atomic mass is 32.1. The molecule has 0 bridgehead atoms. The van der Waals surface area contributed by atoms with Crippen LogP contribution in [0.2, 0.25) is 0 Å². The number of amides is 1. The number of carbonyl (C=O) groups excluding carboxylic acids is 1. The third-order valence-electron chi connectivity index (χ3n) is 4.74. The maximum atomic E-state index is 12.7. The molecular formula is C15H26N2OS. The molecule has 0 unspecified atom stereocenters. The molecule has 2 saturated carbocycles. The van der Waals surface area contributed by atoms with Crippen LogP contribution in [-0.4, -0.2) is 28.4 Å². The third-order valence-corrected chi connectivity index (χ3v) is 4.87. The number of hydrogen-bond acceptors (Lipinski definition) is 2. The first-order chi connectivity index (χ1) is 9.08. The van der Waals surface area contributed by atoms with Gasteiger partial charge >= 0.3 is 0 Å². The van der Waals surface area contributed by atoms with Crippen LogP contribution in [0.3, 0.4) is 0 Å². The van der Waals surface area contributed by atoms with Gasteiger partial charge < -0.3 is 10.6 Å². The second kappa shape index (κ2) is 6.69. The first-order valence-corrected chi connectivity index (χ1v) is 8.07. The number of rotatable bonds is 4. The summed E-state index contributed by atoms with van der Waals surface area (Å²) in [6.45, 7) is 2.76. The van der Waals surface area contributed by atoms with E-state index in [0.717, 1.165) is 31.6 Å². The molecule has 1 amide bonds. The Labute approximate surface area is 121 Å². The van der Waals surface area contributed by atoms with Crippen molar-refractivity contribution < 1.29 is 4.79 Å². The molecule has 108 valence electrons. The van der Waals surface area contributed by atoms with E-state index >= 15 is 0 Å². The van der Waals surface area contributed by atoms with E-state index in [1.807, 2.05) is 4.90 Å². The van der Waals surface area contributed by atoms with Gasteiger partial charge in [0.15, 0.2) is 0 Å². The molecule has 2 N–H and O–H groups in total. The maximum absolute atomic E-state index is 12.7. The molecule has 0 aromatic rings. The highest BCUT2D eigenvalue weighted by Crippen LogP contribution is 2.32. The van der Waals surface area contributed by atoms with Crippen molar-refractivity contribution in [1.82, 2.24) is 4.90 Å². The highest BCUT2D eigenvalue weighted by molar-refractivity contribution is 7.80. The fraction of sp³-hybridized carbons (Fsp3) is 0.867. The molecule has 2 rings (SSSR count). The van der Waals surface area contributed by atoms with Crippen LogP contribution in [0.4, 0.5) is 0 Å². The fourth-order valence-corrected chi connectivity index (χ4v) is 3.65. The summed E-state index contributed by atoms with van der Waals surface area (Å²) in [5.41, 5.74) is 5.69. The minimum Gasteiger partial charge on any atom is -0.392 e. The van der Waals surface area contributed by atoms with Crippen molar-refractivity contribution in [2.24, 2.45) is 17.6 Å². The third kappa shape index (κ3) is 3.91. The molecule has 19 heavy (non-hydrogen) atoms. The van der Waals surface area contributed by atoms with Crippen molar-refractivity contribution in [1.29, 1.82) is 0 Å². The van der Waals surface area contributed by atoms with Crippen LogP contribution in [0.5, 0.6) is 0 Å². The number of nitrogens with two attached hydrogens (primary N) is 1. The molecule has 0 radical (unpaired) electrons. The van der Waals surface area contributed by atoms with Gasteiger partial charge in [-0.2, -0.15) is 0 Å². The Hall–Kier alpha value is -0.640. The summed E-state index contributed by atoms with van der Waals surface area (Å²) in [5, 5.41) is 0. The van der Waals surface area contributed by atoms with Crippen molar-refractivity contribution >= 4 is 23.1 Å². The smallest absolute Gasteiger partial charge is 0.226 e. The Balaban J connectivity index is 2.00. The van der Waals surface area contributed by atoms with E-state index in [1.165, 1.54) is 25.7 Å². The number of hydrogen-bond donors (Lipinski definition) is 1. The van der Waals surface area contributed by atoms with Gasteiger partial charge in [0.2, 0.25) is 5.91 Å². The first kappa shape index (κ1) is 14.8. The molecular weight excluding hydrogens is 256 g/mol. The van der Waals surface area contributed by atoms with Gasteiger partial charge in [-0.25, -0.2) is 0 Å². The van der Waals surface area contributed by atoms with Gasteiger partial charge in [-0.15, -0.1) is 0 Å². The zero-order valence-corrected chi connectivity index (χ0v) is 12.8. The fourth-order valence-electron chi connectivity index (χ4n) is 3.51. The van der Waals surface area contributed by atoms with Crippen molar-refractivity contribution in [3.63, 3.8) is 0 Å². The predicted molar refractivity (Wildman–Crippen MR) is 81.9 cm³/mol. The SMILES string of the molecule is CC1CCC(C(=O)N(CC(N)=S)C2CCCC2)CC1. The summed E-state index contributed by atoms with van der Waals surface area (Å²) in [6, 6.07) is 0.383. The number of carbonyl (C=O) groups is 1. The second-order valence-electron chi connectivity index (χ2n) is 6.33. The van der Waals surface area contributed by atoms with Gasteiger partial charge in [0, 0.05) is 12.0 Å². The molecule has 2 aliphatic carbocycles. The van der Waals surface area contributed by atoms with Gasteiger partial charge in [0.05, 0.1) is 11.5 Å². The molecule has 4 heteroatoms. The van der Waals surface area contributed by atoms with Gasteiger partial charge in [-0.1, -0.05) is 32.0 Å². The topological polar surface area (TPSA) is 46.3 Å². The standard InChI is InChI=1S/C15H26N2OS/c1-11-6-8-12(9-7-11)15(18)17(10-14(16)19)13-4-2-3-5-13/h11-13H,2-10H2,1H3,(H2,16,19). The Morgan fingerprint density at radius 3 is 2.26 bits per heavy atom. The van der Waals surface area contributed by atoms with E-state index in [-0.39, 0.29) is 5.92 Å². The summed E-state index contributed by atoms with van der Waals surface area (Å²) in [4.78, 5) is 15.2. The van der Waals surface area contributed by atoms with Gasteiger partial charge in [-0.3, -0.25) is 4.79 Å². The van der Waals surface area contributed by atoms with Crippen LogP contribution in [0.25, 0.3) is 0 Å². The first-order valence-electron chi connectivity index (χ1n) is 7.66. The molecule has 3 nitrogen and oxygen atoms in total. The summed E-state index contributed by atoms with van der Waals surface area (Å²) < 4.78 is 0. The Morgan fingerprint density at radius 2 is 1.74 bits per heavy atom. The van der Waals surface area contributed by atoms with E-state index < -0.39 is 0 Å². The van der Waals surface area contributed by atoms with E-state index in [2.05, 4.69) is 6.92 Å². The molecule has 0 heterocycles. The van der Waals surface area contributed by atoms with Crippen LogP contribution < -0.4 is 5.73 Å². The number of nitrogens with zero attached hydrogens (tertiary/aromatic N) is 1. The zero-order valence-electron chi connectivity index (χ0n) is 11.9. The number of thiocarbonyl (C=S) groups is 1. The van der Waals surface area contributed by atoms with E-state index in [4.69, 9.17) is 18.0 Å². The second-order valence-corrected chi connectivity index (χ2v) is 6.85. The molecule has 0 atom stereocenters. The van der Waals surface area contributed by atoms with Crippen molar-refractivity contribution in [3.05, 3.63) is 0 Å². The lowest BCUT2D eigenvalue weighted by Crippen LogP contribution is -2.46. The van der Waals surface area contributed by atoms with Crippen LogP contribution in [0.1, 0.15) is 58.3 Å². The Bertz CT molecular complexity index is 331. The summed E-state index contributed by atoms with van der Waals surface area (Å²) in [6.07, 6.45) is 9.15. The van der Waals surface area contributed by atoms with Crippen LogP contribution in [0.15, 0.2) is 0 Å². The normalized spacial score (nSPS) is 28.3. The van der Waals surface area contributed by atoms with Crippen molar-refractivity contribution in [3.8, 4) is 0 Å². The van der Waals surface area contributed by atoms with E-state index in [1.54, 1.807) is 0 Å².